The molecule has 2 unspecified atom stereocenters. The van der Waals surface area contributed by atoms with E-state index >= 15 is 0 Å². The van der Waals surface area contributed by atoms with E-state index in [0.29, 0.717) is 29.4 Å². The molecular formula is C24H27N5O3. The average molecular weight is 434 g/mol. The minimum atomic E-state index is -0.540. The third-order valence-corrected chi connectivity index (χ3v) is 5.76. The van der Waals surface area contributed by atoms with Crippen molar-refractivity contribution < 1.29 is 14.3 Å². The van der Waals surface area contributed by atoms with E-state index in [9.17, 15) is 9.59 Å². The number of piperidine rings is 1. The average Bonchev–Trinajstić information content (AvgIpc) is 3.29. The van der Waals surface area contributed by atoms with Gasteiger partial charge in [-0.1, -0.05) is 18.2 Å². The molecule has 1 aliphatic heterocycles. The Morgan fingerprint density at radius 2 is 1.97 bits per heavy atom. The Bertz CT molecular complexity index is 1060. The summed E-state index contributed by atoms with van der Waals surface area (Å²) in [6.45, 7) is 3.14. The molecule has 1 amide bonds. The molecule has 1 saturated heterocycles. The quantitative estimate of drug-likeness (QED) is 0.599. The van der Waals surface area contributed by atoms with Crippen LogP contribution in [0.5, 0.6) is 5.75 Å². The van der Waals surface area contributed by atoms with Crippen LogP contribution in [0, 0.1) is 0 Å². The second-order valence-corrected chi connectivity index (χ2v) is 8.07. The first-order valence-corrected chi connectivity index (χ1v) is 10.8. The normalized spacial score (nSPS) is 17.0. The highest BCUT2D eigenvalue weighted by molar-refractivity contribution is 5.94. The third-order valence-electron chi connectivity index (χ3n) is 5.76. The molecule has 1 fully saturated rings. The standard InChI is InChI=1S/C24H27N5O3/c1-17(24(31)32-20-10-11-22(25)26-13-20)21-15-28(16-27-21)14-19-9-5-6-12-29(19)23(30)18-7-3-2-4-8-18/h2-4,7-8,10-11,13,15-17,19H,5-6,9,12,14H2,1H3,(H2,25,26). The Morgan fingerprint density at radius 3 is 2.72 bits per heavy atom. The molecule has 8 heteroatoms. The topological polar surface area (TPSA) is 103 Å². The molecule has 3 heterocycles. The van der Waals surface area contributed by atoms with Gasteiger partial charge in [0.1, 0.15) is 11.6 Å². The number of anilines is 1. The molecule has 166 valence electrons. The Balaban J connectivity index is 1.41. The number of nitrogens with zero attached hydrogens (tertiary/aromatic N) is 4. The van der Waals surface area contributed by atoms with Gasteiger partial charge >= 0.3 is 5.97 Å². The lowest BCUT2D eigenvalue weighted by Gasteiger charge is -2.36. The largest absolute Gasteiger partial charge is 0.424 e. The first-order chi connectivity index (χ1) is 15.5. The number of rotatable bonds is 6. The maximum absolute atomic E-state index is 13.0. The molecule has 32 heavy (non-hydrogen) atoms. The fourth-order valence-corrected chi connectivity index (χ4v) is 3.93. The van der Waals surface area contributed by atoms with Crippen LogP contribution in [-0.2, 0) is 11.3 Å². The minimum Gasteiger partial charge on any atom is -0.424 e. The van der Waals surface area contributed by atoms with Crippen molar-refractivity contribution in [3.63, 3.8) is 0 Å². The number of esters is 1. The van der Waals surface area contributed by atoms with E-state index in [1.54, 1.807) is 25.4 Å². The van der Waals surface area contributed by atoms with Crippen molar-refractivity contribution in [3.8, 4) is 5.75 Å². The predicted molar refractivity (Wildman–Crippen MR) is 120 cm³/mol. The van der Waals surface area contributed by atoms with Crippen LogP contribution in [0.15, 0.2) is 61.2 Å². The summed E-state index contributed by atoms with van der Waals surface area (Å²) in [5.41, 5.74) is 6.89. The number of carbonyl (C=O) groups is 2. The summed E-state index contributed by atoms with van der Waals surface area (Å²) in [7, 11) is 0. The van der Waals surface area contributed by atoms with E-state index in [1.807, 2.05) is 46.0 Å². The SMILES string of the molecule is CC(C(=O)Oc1ccc(N)nc1)c1cn(CC2CCCCN2C(=O)c2ccccc2)cn1. The zero-order valence-corrected chi connectivity index (χ0v) is 18.1. The van der Waals surface area contributed by atoms with Gasteiger partial charge in [-0.2, -0.15) is 0 Å². The maximum Gasteiger partial charge on any atom is 0.320 e. The van der Waals surface area contributed by atoms with Gasteiger partial charge in [0.15, 0.2) is 0 Å². The highest BCUT2D eigenvalue weighted by Crippen LogP contribution is 2.23. The van der Waals surface area contributed by atoms with Crippen molar-refractivity contribution in [2.45, 2.75) is 44.7 Å². The fourth-order valence-electron chi connectivity index (χ4n) is 3.93. The zero-order valence-electron chi connectivity index (χ0n) is 18.1. The summed E-state index contributed by atoms with van der Waals surface area (Å²) < 4.78 is 7.33. The van der Waals surface area contributed by atoms with Crippen molar-refractivity contribution in [1.82, 2.24) is 19.4 Å². The van der Waals surface area contributed by atoms with Crippen LogP contribution in [0.1, 0.15) is 48.2 Å². The van der Waals surface area contributed by atoms with Gasteiger partial charge < -0.3 is 19.9 Å². The molecule has 1 aliphatic rings. The number of pyridine rings is 1. The van der Waals surface area contributed by atoms with Gasteiger partial charge in [-0.05, 0) is 50.5 Å². The van der Waals surface area contributed by atoms with Crippen molar-refractivity contribution >= 4 is 17.7 Å². The summed E-state index contributed by atoms with van der Waals surface area (Å²) in [6, 6.07) is 12.7. The number of likely N-dealkylation sites (tertiary alicyclic amines) is 1. The van der Waals surface area contributed by atoms with Gasteiger partial charge in [-0.15, -0.1) is 0 Å². The highest BCUT2D eigenvalue weighted by atomic mass is 16.5. The van der Waals surface area contributed by atoms with Crippen LogP contribution in [0.4, 0.5) is 5.82 Å². The fraction of sp³-hybridized carbons (Fsp3) is 0.333. The smallest absolute Gasteiger partial charge is 0.320 e. The van der Waals surface area contributed by atoms with Gasteiger partial charge in [0.2, 0.25) is 0 Å². The monoisotopic (exact) mass is 433 g/mol. The molecule has 3 aromatic rings. The Labute approximate surface area is 187 Å². The number of benzene rings is 1. The zero-order chi connectivity index (χ0) is 22.5. The van der Waals surface area contributed by atoms with Crippen LogP contribution < -0.4 is 10.5 Å². The minimum absolute atomic E-state index is 0.0599. The second kappa shape index (κ2) is 9.64. The molecular weight excluding hydrogens is 406 g/mol. The van der Waals surface area contributed by atoms with Gasteiger partial charge in [-0.3, -0.25) is 9.59 Å². The Kier molecular flexibility index (Phi) is 6.49. The summed E-state index contributed by atoms with van der Waals surface area (Å²) >= 11 is 0. The highest BCUT2D eigenvalue weighted by Gasteiger charge is 2.28. The number of carbonyl (C=O) groups excluding carboxylic acids is 2. The molecule has 2 aromatic heterocycles. The molecule has 4 rings (SSSR count). The number of hydrogen-bond acceptors (Lipinski definition) is 6. The maximum atomic E-state index is 13.0. The van der Waals surface area contributed by atoms with Crippen molar-refractivity contribution in [1.29, 1.82) is 0 Å². The molecule has 0 spiro atoms. The molecule has 0 saturated carbocycles. The van der Waals surface area contributed by atoms with Crippen LogP contribution in [0.25, 0.3) is 0 Å². The third kappa shape index (κ3) is 4.96. The van der Waals surface area contributed by atoms with Gasteiger partial charge in [0.05, 0.1) is 24.1 Å². The van der Waals surface area contributed by atoms with E-state index in [-0.39, 0.29) is 11.9 Å². The van der Waals surface area contributed by atoms with Gasteiger partial charge in [-0.25, -0.2) is 9.97 Å². The molecule has 1 aromatic carbocycles. The first-order valence-electron chi connectivity index (χ1n) is 10.8. The van der Waals surface area contributed by atoms with Crippen molar-refractivity contribution in [3.05, 3.63) is 72.4 Å². The molecule has 0 aliphatic carbocycles. The predicted octanol–water partition coefficient (Wildman–Crippen LogP) is 3.26. The van der Waals surface area contributed by atoms with Crippen molar-refractivity contribution in [2.75, 3.05) is 12.3 Å². The summed E-state index contributed by atoms with van der Waals surface area (Å²) in [5.74, 6) is -0.195. The molecule has 2 atom stereocenters. The first kappa shape index (κ1) is 21.5. The van der Waals surface area contributed by atoms with Crippen LogP contribution in [-0.4, -0.2) is 43.9 Å². The lowest BCUT2D eigenvalue weighted by molar-refractivity contribution is -0.135. The summed E-state index contributed by atoms with van der Waals surface area (Å²) in [5, 5.41) is 0. The number of nitrogens with two attached hydrogens (primary N) is 1. The van der Waals surface area contributed by atoms with E-state index in [2.05, 4.69) is 9.97 Å². The van der Waals surface area contributed by atoms with Crippen molar-refractivity contribution in [2.24, 2.45) is 0 Å². The second-order valence-electron chi connectivity index (χ2n) is 8.07. The van der Waals surface area contributed by atoms with Crippen LogP contribution in [0.2, 0.25) is 0 Å². The van der Waals surface area contributed by atoms with E-state index in [0.717, 1.165) is 25.8 Å². The van der Waals surface area contributed by atoms with E-state index in [1.165, 1.54) is 6.20 Å². The van der Waals surface area contributed by atoms with Crippen LogP contribution >= 0.6 is 0 Å². The molecule has 2 N–H and O–H groups in total. The number of ether oxygens (including phenoxy) is 1. The van der Waals surface area contributed by atoms with E-state index in [4.69, 9.17) is 10.5 Å². The number of hydrogen-bond donors (Lipinski definition) is 1. The number of imidazole rings is 1. The lowest BCUT2D eigenvalue weighted by atomic mass is 10.0. The van der Waals surface area contributed by atoms with E-state index < -0.39 is 11.9 Å². The summed E-state index contributed by atoms with van der Waals surface area (Å²) in [4.78, 5) is 35.8. The number of nitrogen functional groups attached to an aromatic ring is 1. The van der Waals surface area contributed by atoms with Gasteiger partial charge in [0, 0.05) is 30.9 Å². The molecule has 0 bridgehead atoms. The Morgan fingerprint density at radius 1 is 1.16 bits per heavy atom. The molecule has 0 radical (unpaired) electrons. The number of aromatic nitrogens is 3. The molecule has 8 nitrogen and oxygen atoms in total. The van der Waals surface area contributed by atoms with Gasteiger partial charge in [0.25, 0.3) is 5.91 Å². The van der Waals surface area contributed by atoms with Crippen LogP contribution in [0.3, 0.4) is 0 Å². The number of amides is 1. The lowest BCUT2D eigenvalue weighted by Crippen LogP contribution is -2.45. The summed E-state index contributed by atoms with van der Waals surface area (Å²) in [6.07, 6.45) is 8.01. The Hall–Kier alpha value is -3.68.